The van der Waals surface area contributed by atoms with E-state index in [9.17, 15) is 0 Å². The van der Waals surface area contributed by atoms with Crippen molar-refractivity contribution in [3.63, 3.8) is 0 Å². The molecule has 0 saturated carbocycles. The molecule has 3 nitrogen and oxygen atoms in total. The van der Waals surface area contributed by atoms with Gasteiger partial charge in [-0.05, 0) is 106 Å². The molecule has 288 valence electrons. The average molecular weight is 798 g/mol. The van der Waals surface area contributed by atoms with Crippen LogP contribution in [0.1, 0.15) is 18.9 Å². The van der Waals surface area contributed by atoms with Gasteiger partial charge in [0.15, 0.2) is 5.82 Å². The lowest BCUT2D eigenvalue weighted by Gasteiger charge is -2.17. The molecule has 0 amide bonds. The summed E-state index contributed by atoms with van der Waals surface area (Å²) in [5.74, 6) is 1.30. The zero-order valence-electron chi connectivity index (χ0n) is 33.6. The van der Waals surface area contributed by atoms with Gasteiger partial charge >= 0.3 is 0 Å². The Kier molecular flexibility index (Phi) is 8.39. The van der Waals surface area contributed by atoms with Crippen molar-refractivity contribution in [1.82, 2.24) is 14.5 Å². The molecule has 12 rings (SSSR count). The van der Waals surface area contributed by atoms with E-state index in [1.54, 1.807) is 0 Å². The number of thiophene rings is 1. The number of rotatable bonds is 6. The largest absolute Gasteiger partial charge is 0.309 e. The van der Waals surface area contributed by atoms with Crippen molar-refractivity contribution in [1.29, 1.82) is 0 Å². The van der Waals surface area contributed by atoms with Gasteiger partial charge in [-0.1, -0.05) is 146 Å². The summed E-state index contributed by atoms with van der Waals surface area (Å²) in [6.07, 6.45) is 8.08. The fourth-order valence-corrected chi connectivity index (χ4v) is 10.4. The van der Waals surface area contributed by atoms with Crippen molar-refractivity contribution < 1.29 is 0 Å². The Labute approximate surface area is 358 Å². The molecule has 1 aliphatic rings. The number of hydrogen-bond donors (Lipinski definition) is 0. The van der Waals surface area contributed by atoms with Gasteiger partial charge in [0, 0.05) is 53.1 Å². The van der Waals surface area contributed by atoms with Crippen LogP contribution >= 0.6 is 11.3 Å². The molecular weight excluding hydrogens is 759 g/mol. The fraction of sp³-hybridized carbons (Fsp3) is 0.0526. The Bertz CT molecular complexity index is 3570. The first-order chi connectivity index (χ1) is 30.1. The standard InChI is InChI=1S/C57H39N3S/c1-36-23-25-38(26-24-36)43-31-42(37-13-4-2-5-14-37)32-44(33-43)60-51-21-11-9-17-45(51)48-34-40(27-29-52(48)60)41-28-30-53-49(35-41)55-47(19-12-22-54(55)61-53)57-58-50-20-10-8-18-46(50)56(59-57)39-15-6-3-7-16-39/h2-23,25-36H,24H2,1H3. The summed E-state index contributed by atoms with van der Waals surface area (Å²) in [6, 6.07) is 65.9. The van der Waals surface area contributed by atoms with Crippen LogP contribution in [-0.4, -0.2) is 14.5 Å². The Hall–Kier alpha value is -7.40. The average Bonchev–Trinajstić information content (AvgIpc) is 3.87. The zero-order valence-corrected chi connectivity index (χ0v) is 34.4. The van der Waals surface area contributed by atoms with Gasteiger partial charge in [-0.15, -0.1) is 11.3 Å². The number of benzene rings is 8. The molecule has 3 aromatic heterocycles. The highest BCUT2D eigenvalue weighted by molar-refractivity contribution is 7.26. The van der Waals surface area contributed by atoms with E-state index in [0.717, 1.165) is 45.7 Å². The van der Waals surface area contributed by atoms with Gasteiger partial charge in [-0.25, -0.2) is 9.97 Å². The van der Waals surface area contributed by atoms with Crippen molar-refractivity contribution >= 4 is 69.8 Å². The van der Waals surface area contributed by atoms with E-state index in [1.165, 1.54) is 75.4 Å². The lowest BCUT2D eigenvalue weighted by molar-refractivity contribution is 0.739. The Morgan fingerprint density at radius 3 is 2.03 bits per heavy atom. The van der Waals surface area contributed by atoms with Crippen molar-refractivity contribution in [3.8, 4) is 50.6 Å². The third kappa shape index (κ3) is 6.10. The highest BCUT2D eigenvalue weighted by atomic mass is 32.1. The summed E-state index contributed by atoms with van der Waals surface area (Å²) in [5.41, 5.74) is 14.9. The van der Waals surface area contributed by atoms with Crippen LogP contribution < -0.4 is 0 Å². The van der Waals surface area contributed by atoms with Crippen molar-refractivity contribution in [2.45, 2.75) is 13.3 Å². The quantitative estimate of drug-likeness (QED) is 0.168. The third-order valence-electron chi connectivity index (χ3n) is 12.3. The van der Waals surface area contributed by atoms with E-state index >= 15 is 0 Å². The third-order valence-corrected chi connectivity index (χ3v) is 13.5. The molecule has 0 spiro atoms. The number of hydrogen-bond acceptors (Lipinski definition) is 3. The fourth-order valence-electron chi connectivity index (χ4n) is 9.28. The van der Waals surface area contributed by atoms with E-state index < -0.39 is 0 Å². The van der Waals surface area contributed by atoms with Gasteiger partial charge in [-0.2, -0.15) is 0 Å². The zero-order chi connectivity index (χ0) is 40.4. The monoisotopic (exact) mass is 797 g/mol. The van der Waals surface area contributed by atoms with Gasteiger partial charge in [0.05, 0.1) is 22.2 Å². The van der Waals surface area contributed by atoms with Gasteiger partial charge in [0.1, 0.15) is 0 Å². The minimum atomic E-state index is 0.556. The summed E-state index contributed by atoms with van der Waals surface area (Å²) >= 11 is 1.83. The van der Waals surface area contributed by atoms with E-state index in [-0.39, 0.29) is 0 Å². The topological polar surface area (TPSA) is 30.7 Å². The molecule has 1 unspecified atom stereocenters. The van der Waals surface area contributed by atoms with Crippen LogP contribution in [0, 0.1) is 5.92 Å². The van der Waals surface area contributed by atoms with Crippen LogP contribution in [0.15, 0.2) is 200 Å². The maximum atomic E-state index is 5.29. The summed E-state index contributed by atoms with van der Waals surface area (Å²) < 4.78 is 4.93. The van der Waals surface area contributed by atoms with E-state index in [0.29, 0.717) is 5.92 Å². The van der Waals surface area contributed by atoms with Crippen LogP contribution in [0.4, 0.5) is 0 Å². The second-order valence-corrected chi connectivity index (χ2v) is 17.3. The lowest BCUT2D eigenvalue weighted by Crippen LogP contribution is -1.99. The molecule has 0 N–H and O–H groups in total. The molecule has 0 saturated heterocycles. The summed E-state index contributed by atoms with van der Waals surface area (Å²) in [4.78, 5) is 10.5. The highest BCUT2D eigenvalue weighted by Gasteiger charge is 2.19. The first-order valence-corrected chi connectivity index (χ1v) is 21.9. The number of para-hydroxylation sites is 2. The van der Waals surface area contributed by atoms with Gasteiger partial charge in [-0.3, -0.25) is 0 Å². The Morgan fingerprint density at radius 1 is 0.508 bits per heavy atom. The predicted molar refractivity (Wildman–Crippen MR) is 259 cm³/mol. The Morgan fingerprint density at radius 2 is 1.21 bits per heavy atom. The first-order valence-electron chi connectivity index (χ1n) is 21.0. The smallest absolute Gasteiger partial charge is 0.161 e. The molecular formula is C57H39N3S. The highest BCUT2D eigenvalue weighted by Crippen LogP contribution is 2.43. The molecule has 11 aromatic rings. The minimum Gasteiger partial charge on any atom is -0.309 e. The molecule has 4 heteroatoms. The van der Waals surface area contributed by atoms with Crippen LogP contribution in [0.2, 0.25) is 0 Å². The van der Waals surface area contributed by atoms with Crippen molar-refractivity contribution in [2.24, 2.45) is 5.92 Å². The van der Waals surface area contributed by atoms with E-state index in [2.05, 4.69) is 206 Å². The second kappa shape index (κ2) is 14.4. The van der Waals surface area contributed by atoms with Crippen LogP contribution in [0.25, 0.3) is 109 Å². The van der Waals surface area contributed by atoms with Crippen LogP contribution in [-0.2, 0) is 0 Å². The number of allylic oxidation sites excluding steroid dienone is 4. The molecule has 61 heavy (non-hydrogen) atoms. The summed E-state index contributed by atoms with van der Waals surface area (Å²) in [6.45, 7) is 2.28. The summed E-state index contributed by atoms with van der Waals surface area (Å²) in [7, 11) is 0. The van der Waals surface area contributed by atoms with Crippen LogP contribution in [0.3, 0.4) is 0 Å². The molecule has 0 aliphatic heterocycles. The molecule has 0 bridgehead atoms. The minimum absolute atomic E-state index is 0.556. The van der Waals surface area contributed by atoms with E-state index in [1.807, 2.05) is 17.4 Å². The van der Waals surface area contributed by atoms with E-state index in [4.69, 9.17) is 9.97 Å². The SMILES string of the molecule is CC1C=CC(c2cc(-c3ccccc3)cc(-n3c4ccccc4c4cc(-c5ccc6sc7cccc(-c8nc(-c9ccccc9)c9ccccc9n8)c7c6c5)ccc43)c2)=CC1. The first kappa shape index (κ1) is 35.5. The number of nitrogens with zero attached hydrogens (tertiary/aromatic N) is 3. The Balaban J connectivity index is 1.02. The predicted octanol–water partition coefficient (Wildman–Crippen LogP) is 15.7. The normalized spacial score (nSPS) is 14.1. The van der Waals surface area contributed by atoms with Gasteiger partial charge in [0.2, 0.25) is 0 Å². The van der Waals surface area contributed by atoms with Crippen molar-refractivity contribution in [2.75, 3.05) is 0 Å². The lowest BCUT2D eigenvalue weighted by atomic mass is 9.92. The second-order valence-electron chi connectivity index (χ2n) is 16.2. The maximum absolute atomic E-state index is 5.29. The molecule has 0 radical (unpaired) electrons. The molecule has 8 aromatic carbocycles. The van der Waals surface area contributed by atoms with Gasteiger partial charge in [0.25, 0.3) is 0 Å². The number of fused-ring (bicyclic) bond motifs is 7. The molecule has 3 heterocycles. The van der Waals surface area contributed by atoms with Gasteiger partial charge < -0.3 is 4.57 Å². The molecule has 1 aliphatic carbocycles. The number of aromatic nitrogens is 3. The molecule has 0 fully saturated rings. The molecule has 1 atom stereocenters. The van der Waals surface area contributed by atoms with Crippen molar-refractivity contribution in [3.05, 3.63) is 206 Å². The summed E-state index contributed by atoms with van der Waals surface area (Å²) in [5, 5.41) is 5.95. The van der Waals surface area contributed by atoms with Crippen LogP contribution in [0.5, 0.6) is 0 Å². The maximum Gasteiger partial charge on any atom is 0.161 e.